The van der Waals surface area contributed by atoms with Crippen molar-refractivity contribution < 1.29 is 14.3 Å². The third-order valence-corrected chi connectivity index (χ3v) is 4.58. The summed E-state index contributed by atoms with van der Waals surface area (Å²) in [4.78, 5) is 11.9. The number of benzene rings is 2. The van der Waals surface area contributed by atoms with Crippen LogP contribution in [0, 0.1) is 6.92 Å². The molecule has 0 bridgehead atoms. The zero-order valence-electron chi connectivity index (χ0n) is 14.8. The van der Waals surface area contributed by atoms with Crippen molar-refractivity contribution >= 4 is 23.4 Å². The number of anilines is 1. The molecule has 1 amide bonds. The van der Waals surface area contributed by atoms with Crippen LogP contribution in [-0.4, -0.2) is 31.1 Å². The molecule has 0 radical (unpaired) electrons. The van der Waals surface area contributed by atoms with Gasteiger partial charge in [0.2, 0.25) is 5.91 Å². The fraction of sp³-hybridized carbons (Fsp3) is 0.350. The SMILES string of the molecule is COc1ccc(OCCSCCCC(=O)Nc2cccc(C)c2)cc1. The van der Waals surface area contributed by atoms with Crippen LogP contribution in [0.1, 0.15) is 18.4 Å². The first-order valence-corrected chi connectivity index (χ1v) is 9.54. The van der Waals surface area contributed by atoms with Crippen LogP contribution in [0.5, 0.6) is 11.5 Å². The first kappa shape index (κ1) is 19.2. The number of hydrogen-bond acceptors (Lipinski definition) is 4. The van der Waals surface area contributed by atoms with E-state index in [0.29, 0.717) is 13.0 Å². The summed E-state index contributed by atoms with van der Waals surface area (Å²) in [5.41, 5.74) is 2.01. The molecule has 0 spiro atoms. The Bertz CT molecular complexity index is 658. The molecule has 0 heterocycles. The van der Waals surface area contributed by atoms with Gasteiger partial charge in [0.25, 0.3) is 0 Å². The number of nitrogens with one attached hydrogen (secondary N) is 1. The molecule has 4 nitrogen and oxygen atoms in total. The molecule has 0 aliphatic heterocycles. The maximum atomic E-state index is 11.9. The summed E-state index contributed by atoms with van der Waals surface area (Å²) >= 11 is 1.80. The van der Waals surface area contributed by atoms with Crippen LogP contribution in [0.3, 0.4) is 0 Å². The van der Waals surface area contributed by atoms with Gasteiger partial charge in [-0.25, -0.2) is 0 Å². The Morgan fingerprint density at radius 1 is 1.08 bits per heavy atom. The van der Waals surface area contributed by atoms with E-state index < -0.39 is 0 Å². The minimum Gasteiger partial charge on any atom is -0.497 e. The van der Waals surface area contributed by atoms with Crippen molar-refractivity contribution in [1.82, 2.24) is 0 Å². The Hall–Kier alpha value is -2.14. The molecular weight excluding hydrogens is 334 g/mol. The van der Waals surface area contributed by atoms with E-state index in [2.05, 4.69) is 5.32 Å². The molecule has 0 atom stereocenters. The lowest BCUT2D eigenvalue weighted by Gasteiger charge is -2.07. The van der Waals surface area contributed by atoms with Gasteiger partial charge in [-0.15, -0.1) is 0 Å². The van der Waals surface area contributed by atoms with E-state index in [-0.39, 0.29) is 5.91 Å². The molecular formula is C20H25NO3S. The highest BCUT2D eigenvalue weighted by Gasteiger charge is 2.02. The van der Waals surface area contributed by atoms with Crippen molar-refractivity contribution in [2.24, 2.45) is 0 Å². The third kappa shape index (κ3) is 7.52. The third-order valence-electron chi connectivity index (χ3n) is 3.55. The lowest BCUT2D eigenvalue weighted by molar-refractivity contribution is -0.116. The largest absolute Gasteiger partial charge is 0.497 e. The molecule has 0 unspecified atom stereocenters. The van der Waals surface area contributed by atoms with Crippen molar-refractivity contribution in [2.75, 3.05) is 30.5 Å². The van der Waals surface area contributed by atoms with Gasteiger partial charge in [0, 0.05) is 17.9 Å². The second kappa shape index (κ2) is 10.7. The molecule has 0 saturated heterocycles. The maximum absolute atomic E-state index is 11.9. The van der Waals surface area contributed by atoms with Crippen LogP contribution in [0.15, 0.2) is 48.5 Å². The van der Waals surface area contributed by atoms with E-state index in [0.717, 1.165) is 40.7 Å². The first-order chi connectivity index (χ1) is 12.2. The molecule has 5 heteroatoms. The topological polar surface area (TPSA) is 47.6 Å². The second-order valence-corrected chi connectivity index (χ2v) is 6.88. The molecule has 0 aromatic heterocycles. The normalized spacial score (nSPS) is 10.3. The van der Waals surface area contributed by atoms with Gasteiger partial charge in [0.1, 0.15) is 11.5 Å². The average Bonchev–Trinajstić information content (AvgIpc) is 2.61. The van der Waals surface area contributed by atoms with E-state index >= 15 is 0 Å². The van der Waals surface area contributed by atoms with Gasteiger partial charge < -0.3 is 14.8 Å². The molecule has 25 heavy (non-hydrogen) atoms. The monoisotopic (exact) mass is 359 g/mol. The predicted octanol–water partition coefficient (Wildman–Crippen LogP) is 4.53. The molecule has 2 aromatic carbocycles. The molecule has 1 N–H and O–H groups in total. The Morgan fingerprint density at radius 3 is 2.56 bits per heavy atom. The number of amides is 1. The first-order valence-electron chi connectivity index (χ1n) is 8.38. The lowest BCUT2D eigenvalue weighted by Crippen LogP contribution is -2.11. The van der Waals surface area contributed by atoms with Crippen molar-refractivity contribution in [3.05, 3.63) is 54.1 Å². The van der Waals surface area contributed by atoms with Crippen LogP contribution < -0.4 is 14.8 Å². The van der Waals surface area contributed by atoms with Gasteiger partial charge in [0.05, 0.1) is 13.7 Å². The second-order valence-electron chi connectivity index (χ2n) is 5.66. The van der Waals surface area contributed by atoms with E-state index in [1.807, 2.05) is 55.5 Å². The van der Waals surface area contributed by atoms with Crippen LogP contribution >= 0.6 is 11.8 Å². The highest BCUT2D eigenvalue weighted by molar-refractivity contribution is 7.99. The number of carbonyl (C=O) groups is 1. The molecule has 0 aliphatic rings. The molecule has 0 aliphatic carbocycles. The van der Waals surface area contributed by atoms with Crippen LogP contribution in [0.25, 0.3) is 0 Å². The number of hydrogen-bond donors (Lipinski definition) is 1. The van der Waals surface area contributed by atoms with Gasteiger partial charge >= 0.3 is 0 Å². The molecule has 134 valence electrons. The summed E-state index contributed by atoms with van der Waals surface area (Å²) in [6.07, 6.45) is 1.41. The number of ether oxygens (including phenoxy) is 2. The van der Waals surface area contributed by atoms with Crippen molar-refractivity contribution in [3.8, 4) is 11.5 Å². The fourth-order valence-corrected chi connectivity index (χ4v) is 3.03. The number of aryl methyl sites for hydroxylation is 1. The minimum atomic E-state index is 0.0701. The minimum absolute atomic E-state index is 0.0701. The zero-order chi connectivity index (χ0) is 17.9. The quantitative estimate of drug-likeness (QED) is 0.633. The summed E-state index contributed by atoms with van der Waals surface area (Å²) in [6.45, 7) is 2.67. The van der Waals surface area contributed by atoms with Crippen LogP contribution in [0.2, 0.25) is 0 Å². The van der Waals surface area contributed by atoms with E-state index in [1.165, 1.54) is 0 Å². The van der Waals surface area contributed by atoms with Gasteiger partial charge in [-0.05, 0) is 61.1 Å². The summed E-state index contributed by atoms with van der Waals surface area (Å²) < 4.78 is 10.8. The summed E-state index contributed by atoms with van der Waals surface area (Å²) in [5, 5.41) is 2.93. The summed E-state index contributed by atoms with van der Waals surface area (Å²) in [7, 11) is 1.65. The Labute approximate surface area is 153 Å². The van der Waals surface area contributed by atoms with Gasteiger partial charge in [-0.2, -0.15) is 11.8 Å². The number of thioether (sulfide) groups is 1. The highest BCUT2D eigenvalue weighted by atomic mass is 32.2. The molecule has 2 aromatic rings. The van der Waals surface area contributed by atoms with Gasteiger partial charge in [-0.3, -0.25) is 4.79 Å². The van der Waals surface area contributed by atoms with Gasteiger partial charge in [0.15, 0.2) is 0 Å². The van der Waals surface area contributed by atoms with Crippen molar-refractivity contribution in [1.29, 1.82) is 0 Å². The standard InChI is InChI=1S/C20H25NO3S/c1-16-5-3-6-17(15-16)21-20(22)7-4-13-25-14-12-24-19-10-8-18(23-2)9-11-19/h3,5-6,8-11,15H,4,7,12-14H2,1-2H3,(H,21,22). The molecule has 2 rings (SSSR count). The average molecular weight is 359 g/mol. The number of rotatable bonds is 10. The highest BCUT2D eigenvalue weighted by Crippen LogP contribution is 2.17. The Balaban J connectivity index is 1.52. The predicted molar refractivity (Wildman–Crippen MR) is 105 cm³/mol. The van der Waals surface area contributed by atoms with E-state index in [1.54, 1.807) is 18.9 Å². The summed E-state index contributed by atoms with van der Waals surface area (Å²) in [5.74, 6) is 3.60. The van der Waals surface area contributed by atoms with Crippen molar-refractivity contribution in [3.63, 3.8) is 0 Å². The maximum Gasteiger partial charge on any atom is 0.224 e. The Morgan fingerprint density at radius 2 is 1.84 bits per heavy atom. The van der Waals surface area contributed by atoms with E-state index in [4.69, 9.17) is 9.47 Å². The van der Waals surface area contributed by atoms with Crippen LogP contribution in [-0.2, 0) is 4.79 Å². The van der Waals surface area contributed by atoms with E-state index in [9.17, 15) is 4.79 Å². The zero-order valence-corrected chi connectivity index (χ0v) is 15.6. The number of methoxy groups -OCH3 is 1. The van der Waals surface area contributed by atoms with Gasteiger partial charge in [-0.1, -0.05) is 12.1 Å². The van der Waals surface area contributed by atoms with Crippen molar-refractivity contribution in [2.45, 2.75) is 19.8 Å². The number of carbonyl (C=O) groups excluding carboxylic acids is 1. The Kier molecular flexibility index (Phi) is 8.19. The summed E-state index contributed by atoms with van der Waals surface area (Å²) in [6, 6.07) is 15.4. The smallest absolute Gasteiger partial charge is 0.224 e. The lowest BCUT2D eigenvalue weighted by atomic mass is 10.2. The van der Waals surface area contributed by atoms with Crippen LogP contribution in [0.4, 0.5) is 5.69 Å². The molecule has 0 saturated carbocycles. The fourth-order valence-electron chi connectivity index (χ4n) is 2.27. The molecule has 0 fully saturated rings.